The highest BCUT2D eigenvalue weighted by Gasteiger charge is 2.17. The molecule has 25 heavy (non-hydrogen) atoms. The number of anilines is 1. The van der Waals surface area contributed by atoms with E-state index < -0.39 is 0 Å². The van der Waals surface area contributed by atoms with Crippen molar-refractivity contribution in [3.8, 4) is 11.4 Å². The van der Waals surface area contributed by atoms with Crippen molar-refractivity contribution in [1.82, 2.24) is 19.9 Å². The molecule has 0 amide bonds. The first kappa shape index (κ1) is 16.1. The largest absolute Gasteiger partial charge is 0.354 e. The van der Waals surface area contributed by atoms with Gasteiger partial charge < -0.3 is 10.2 Å². The molecular formula is C20H25N5. The number of fused-ring (bicyclic) bond motifs is 1. The van der Waals surface area contributed by atoms with Crippen molar-refractivity contribution in [2.45, 2.75) is 26.2 Å². The lowest BCUT2D eigenvalue weighted by atomic mass is 9.87. The van der Waals surface area contributed by atoms with Crippen LogP contribution >= 0.6 is 0 Å². The number of hydrogen-bond donors (Lipinski definition) is 1. The van der Waals surface area contributed by atoms with Gasteiger partial charge in [-0.1, -0.05) is 51.1 Å². The smallest absolute Gasteiger partial charge is 0.182 e. The summed E-state index contributed by atoms with van der Waals surface area (Å²) in [5, 5.41) is 8.19. The second-order valence-corrected chi connectivity index (χ2v) is 7.65. The van der Waals surface area contributed by atoms with Crippen LogP contribution < -0.4 is 10.2 Å². The Hall–Kier alpha value is -2.40. The molecule has 5 nitrogen and oxygen atoms in total. The van der Waals surface area contributed by atoms with Crippen molar-refractivity contribution in [3.63, 3.8) is 0 Å². The van der Waals surface area contributed by atoms with Crippen molar-refractivity contribution >= 4 is 11.5 Å². The maximum absolute atomic E-state index is 4.79. The lowest BCUT2D eigenvalue weighted by Gasteiger charge is -2.29. The summed E-state index contributed by atoms with van der Waals surface area (Å²) in [6.45, 7) is 10.7. The Morgan fingerprint density at radius 1 is 0.960 bits per heavy atom. The fraction of sp³-hybridized carbons (Fsp3) is 0.400. The maximum Gasteiger partial charge on any atom is 0.182 e. The molecule has 1 N–H and O–H groups in total. The highest BCUT2D eigenvalue weighted by Crippen LogP contribution is 2.26. The SMILES string of the molecule is CC(C)(C)c1ccc(-c2nc3cccc(N4CCNCC4)n3n2)cc1. The molecule has 0 atom stereocenters. The predicted octanol–water partition coefficient (Wildman–Crippen LogP) is 3.10. The molecule has 3 heterocycles. The third-order valence-corrected chi connectivity index (χ3v) is 4.79. The minimum Gasteiger partial charge on any atom is -0.354 e. The Morgan fingerprint density at radius 2 is 1.68 bits per heavy atom. The van der Waals surface area contributed by atoms with Crippen LogP contribution in [0.2, 0.25) is 0 Å². The summed E-state index contributed by atoms with van der Waals surface area (Å²) < 4.78 is 1.97. The van der Waals surface area contributed by atoms with E-state index in [2.05, 4.69) is 67.4 Å². The van der Waals surface area contributed by atoms with E-state index in [-0.39, 0.29) is 5.41 Å². The molecule has 0 saturated carbocycles. The number of pyridine rings is 1. The number of nitrogens with zero attached hydrogens (tertiary/aromatic N) is 4. The number of benzene rings is 1. The van der Waals surface area contributed by atoms with Gasteiger partial charge in [0.05, 0.1) is 0 Å². The zero-order valence-electron chi connectivity index (χ0n) is 15.2. The van der Waals surface area contributed by atoms with Crippen LogP contribution in [0.5, 0.6) is 0 Å². The zero-order valence-corrected chi connectivity index (χ0v) is 15.2. The molecule has 1 fully saturated rings. The van der Waals surface area contributed by atoms with Crippen LogP contribution in [0.1, 0.15) is 26.3 Å². The second kappa shape index (κ2) is 6.15. The van der Waals surface area contributed by atoms with Gasteiger partial charge in [-0.25, -0.2) is 4.98 Å². The van der Waals surface area contributed by atoms with E-state index in [4.69, 9.17) is 10.1 Å². The van der Waals surface area contributed by atoms with Crippen LogP contribution in [0.3, 0.4) is 0 Å². The molecule has 0 bridgehead atoms. The maximum atomic E-state index is 4.79. The number of piperazine rings is 1. The molecule has 1 aliphatic rings. The van der Waals surface area contributed by atoms with E-state index in [0.29, 0.717) is 0 Å². The molecule has 0 radical (unpaired) electrons. The van der Waals surface area contributed by atoms with Crippen LogP contribution in [0.15, 0.2) is 42.5 Å². The van der Waals surface area contributed by atoms with Crippen LogP contribution in [-0.2, 0) is 5.41 Å². The zero-order chi connectivity index (χ0) is 17.4. The van der Waals surface area contributed by atoms with Crippen LogP contribution in [-0.4, -0.2) is 40.8 Å². The van der Waals surface area contributed by atoms with E-state index >= 15 is 0 Å². The van der Waals surface area contributed by atoms with E-state index in [1.165, 1.54) is 5.56 Å². The number of nitrogens with one attached hydrogen (secondary N) is 1. The number of rotatable bonds is 2. The number of aromatic nitrogens is 3. The average Bonchev–Trinajstić information content (AvgIpc) is 3.06. The monoisotopic (exact) mass is 335 g/mol. The van der Waals surface area contributed by atoms with Gasteiger partial charge in [0.25, 0.3) is 0 Å². The quantitative estimate of drug-likeness (QED) is 0.782. The minimum atomic E-state index is 0.153. The Kier molecular flexibility index (Phi) is 3.96. The summed E-state index contributed by atoms with van der Waals surface area (Å²) in [5.41, 5.74) is 3.43. The van der Waals surface area contributed by atoms with Gasteiger partial charge in [-0.2, -0.15) is 4.52 Å². The van der Waals surface area contributed by atoms with Crippen molar-refractivity contribution in [2.75, 3.05) is 31.1 Å². The second-order valence-electron chi connectivity index (χ2n) is 7.65. The Balaban J connectivity index is 1.71. The highest BCUT2D eigenvalue weighted by molar-refractivity contribution is 5.61. The third-order valence-electron chi connectivity index (χ3n) is 4.79. The number of hydrogen-bond acceptors (Lipinski definition) is 4. The van der Waals surface area contributed by atoms with Gasteiger partial charge in [0.15, 0.2) is 11.5 Å². The van der Waals surface area contributed by atoms with Crippen molar-refractivity contribution in [1.29, 1.82) is 0 Å². The van der Waals surface area contributed by atoms with Gasteiger partial charge in [-0.05, 0) is 23.1 Å². The van der Waals surface area contributed by atoms with Gasteiger partial charge >= 0.3 is 0 Å². The summed E-state index contributed by atoms with van der Waals surface area (Å²) >= 11 is 0. The average molecular weight is 335 g/mol. The molecule has 5 heteroatoms. The van der Waals surface area contributed by atoms with Crippen molar-refractivity contribution in [3.05, 3.63) is 48.0 Å². The summed E-state index contributed by atoms with van der Waals surface area (Å²) in [6, 6.07) is 14.8. The first-order valence-corrected chi connectivity index (χ1v) is 8.95. The summed E-state index contributed by atoms with van der Waals surface area (Å²) in [5.74, 6) is 1.90. The highest BCUT2D eigenvalue weighted by atomic mass is 15.4. The molecule has 2 aromatic heterocycles. The molecule has 0 spiro atoms. The molecule has 1 saturated heterocycles. The first-order valence-electron chi connectivity index (χ1n) is 8.95. The fourth-order valence-corrected chi connectivity index (χ4v) is 3.27. The van der Waals surface area contributed by atoms with Gasteiger partial charge in [0, 0.05) is 31.7 Å². The Morgan fingerprint density at radius 3 is 2.36 bits per heavy atom. The molecule has 1 aliphatic heterocycles. The Labute approximate surface area is 148 Å². The summed E-state index contributed by atoms with van der Waals surface area (Å²) in [6.07, 6.45) is 0. The van der Waals surface area contributed by atoms with Crippen LogP contribution in [0, 0.1) is 0 Å². The molecule has 0 aliphatic carbocycles. The summed E-state index contributed by atoms with van der Waals surface area (Å²) in [7, 11) is 0. The van der Waals surface area contributed by atoms with Gasteiger partial charge in [-0.15, -0.1) is 5.10 Å². The lowest BCUT2D eigenvalue weighted by molar-refractivity contribution is 0.580. The van der Waals surface area contributed by atoms with E-state index in [0.717, 1.165) is 49.0 Å². The summed E-state index contributed by atoms with van der Waals surface area (Å²) in [4.78, 5) is 7.11. The fourth-order valence-electron chi connectivity index (χ4n) is 3.27. The molecular weight excluding hydrogens is 310 g/mol. The van der Waals surface area contributed by atoms with Crippen molar-refractivity contribution < 1.29 is 0 Å². The van der Waals surface area contributed by atoms with Gasteiger partial charge in [0.2, 0.25) is 0 Å². The van der Waals surface area contributed by atoms with Crippen LogP contribution in [0.4, 0.5) is 5.82 Å². The van der Waals surface area contributed by atoms with Crippen molar-refractivity contribution in [2.24, 2.45) is 0 Å². The lowest BCUT2D eigenvalue weighted by Crippen LogP contribution is -2.44. The Bertz CT molecular complexity index is 867. The standard InChI is InChI=1S/C20H25N5/c1-20(2,3)16-9-7-15(8-10-16)19-22-17-5-4-6-18(25(17)23-19)24-13-11-21-12-14-24/h4-10,21H,11-14H2,1-3H3. The molecule has 1 aromatic carbocycles. The van der Waals surface area contributed by atoms with Crippen LogP contribution in [0.25, 0.3) is 17.0 Å². The van der Waals surface area contributed by atoms with Gasteiger partial charge in [-0.3, -0.25) is 0 Å². The van der Waals surface area contributed by atoms with Gasteiger partial charge in [0.1, 0.15) is 5.82 Å². The predicted molar refractivity (Wildman–Crippen MR) is 102 cm³/mol. The van der Waals surface area contributed by atoms with E-state index in [1.54, 1.807) is 0 Å². The molecule has 4 rings (SSSR count). The van der Waals surface area contributed by atoms with E-state index in [9.17, 15) is 0 Å². The molecule has 0 unspecified atom stereocenters. The topological polar surface area (TPSA) is 45.5 Å². The normalized spacial score (nSPS) is 15.7. The van der Waals surface area contributed by atoms with E-state index in [1.807, 2.05) is 10.6 Å². The third kappa shape index (κ3) is 3.12. The molecule has 3 aromatic rings. The molecule has 130 valence electrons. The minimum absolute atomic E-state index is 0.153. The first-order chi connectivity index (χ1) is 12.0.